The minimum atomic E-state index is -0.645. The first-order valence-electron chi connectivity index (χ1n) is 11.0. The largest absolute Gasteiger partial charge is 0.487 e. The molecule has 2 aliphatic rings. The molecular formula is C26H29N3O2. The van der Waals surface area contributed by atoms with Crippen LogP contribution in [0.3, 0.4) is 0 Å². The molecule has 0 bridgehead atoms. The summed E-state index contributed by atoms with van der Waals surface area (Å²) in [5.41, 5.74) is 4.41. The molecule has 2 fully saturated rings. The minimum Gasteiger partial charge on any atom is -0.487 e. The number of aliphatic hydroxyl groups is 1. The van der Waals surface area contributed by atoms with Crippen molar-refractivity contribution in [2.75, 3.05) is 18.0 Å². The number of anilines is 1. The molecule has 3 aromatic rings. The molecule has 1 aliphatic carbocycles. The van der Waals surface area contributed by atoms with Gasteiger partial charge in [-0.25, -0.2) is 9.97 Å². The molecule has 1 aromatic heterocycles. The first-order valence-corrected chi connectivity index (χ1v) is 11.0. The van der Waals surface area contributed by atoms with Crippen molar-refractivity contribution in [3.05, 3.63) is 83.2 Å². The average molecular weight is 416 g/mol. The van der Waals surface area contributed by atoms with E-state index in [9.17, 15) is 5.11 Å². The van der Waals surface area contributed by atoms with E-state index in [2.05, 4.69) is 65.4 Å². The molecule has 2 aromatic carbocycles. The van der Waals surface area contributed by atoms with Crippen LogP contribution in [0, 0.1) is 6.92 Å². The summed E-state index contributed by atoms with van der Waals surface area (Å²) in [6.45, 7) is 5.47. The van der Waals surface area contributed by atoms with Gasteiger partial charge in [0, 0.05) is 11.6 Å². The third-order valence-electron chi connectivity index (χ3n) is 6.65. The van der Waals surface area contributed by atoms with Crippen molar-refractivity contribution in [2.45, 2.75) is 50.7 Å². The summed E-state index contributed by atoms with van der Waals surface area (Å²) < 4.78 is 6.00. The number of rotatable bonds is 6. The molecule has 2 heterocycles. The zero-order valence-electron chi connectivity index (χ0n) is 18.2. The molecule has 5 rings (SSSR count). The van der Waals surface area contributed by atoms with Gasteiger partial charge in [-0.3, -0.25) is 0 Å². The molecule has 1 saturated carbocycles. The van der Waals surface area contributed by atoms with Crippen LogP contribution in [-0.2, 0) is 12.0 Å². The lowest BCUT2D eigenvalue weighted by Crippen LogP contribution is -2.60. The Morgan fingerprint density at radius 1 is 0.968 bits per heavy atom. The van der Waals surface area contributed by atoms with E-state index < -0.39 is 5.60 Å². The van der Waals surface area contributed by atoms with Crippen molar-refractivity contribution in [2.24, 2.45) is 0 Å². The number of β-amino-alcohol motifs (C(OH)–C–C–N with tert-alkyl or cyclic N) is 1. The number of hydrogen-bond donors (Lipinski definition) is 1. The second-order valence-corrected chi connectivity index (χ2v) is 9.32. The highest BCUT2D eigenvalue weighted by atomic mass is 16.5. The van der Waals surface area contributed by atoms with E-state index in [0.717, 1.165) is 11.4 Å². The summed E-state index contributed by atoms with van der Waals surface area (Å²) in [6.07, 6.45) is 5.42. The van der Waals surface area contributed by atoms with Crippen LogP contribution in [0.2, 0.25) is 0 Å². The average Bonchev–Trinajstić information content (AvgIpc) is 2.72. The lowest BCUT2D eigenvalue weighted by atomic mass is 9.60. The van der Waals surface area contributed by atoms with Crippen molar-refractivity contribution in [3.63, 3.8) is 0 Å². The predicted molar refractivity (Wildman–Crippen MR) is 121 cm³/mol. The van der Waals surface area contributed by atoms with Gasteiger partial charge in [0.25, 0.3) is 0 Å². The predicted octanol–water partition coefficient (Wildman–Crippen LogP) is 4.41. The van der Waals surface area contributed by atoms with Crippen LogP contribution in [0.25, 0.3) is 0 Å². The summed E-state index contributed by atoms with van der Waals surface area (Å²) >= 11 is 0. The Morgan fingerprint density at radius 3 is 2.19 bits per heavy atom. The Morgan fingerprint density at radius 2 is 1.61 bits per heavy atom. The normalized spacial score (nSPS) is 18.7. The fraction of sp³-hybridized carbons (Fsp3) is 0.385. The molecule has 0 unspecified atom stereocenters. The van der Waals surface area contributed by atoms with E-state index in [-0.39, 0.29) is 5.41 Å². The smallest absolute Gasteiger partial charge is 0.225 e. The van der Waals surface area contributed by atoms with Gasteiger partial charge in [0.05, 0.1) is 24.4 Å². The molecule has 1 aliphatic heterocycles. The van der Waals surface area contributed by atoms with E-state index in [1.807, 2.05) is 17.9 Å². The maximum Gasteiger partial charge on any atom is 0.225 e. The number of aryl methyl sites for hydroxylation is 1. The Bertz CT molecular complexity index is 1050. The standard InChI is InChI=1S/C26H29N3O2/c1-19-4-6-20(7-5-19)26(13-3-14-26)21-8-10-23(11-9-21)31-16-22-12-15-27-24(28-22)29-17-25(2,30)18-29/h4-12,15,30H,3,13-14,16-18H2,1-2H3. The highest BCUT2D eigenvalue weighted by molar-refractivity contribution is 5.44. The van der Waals surface area contributed by atoms with Crippen molar-refractivity contribution >= 4 is 5.95 Å². The summed E-state index contributed by atoms with van der Waals surface area (Å²) in [4.78, 5) is 10.9. The molecule has 1 N–H and O–H groups in total. The number of nitrogens with zero attached hydrogens (tertiary/aromatic N) is 3. The Labute approximate surface area is 183 Å². The molecule has 0 atom stereocenters. The first-order chi connectivity index (χ1) is 14.9. The maximum atomic E-state index is 9.93. The van der Waals surface area contributed by atoms with E-state index in [1.54, 1.807) is 6.20 Å². The van der Waals surface area contributed by atoms with E-state index >= 15 is 0 Å². The molecule has 5 nitrogen and oxygen atoms in total. The topological polar surface area (TPSA) is 58.5 Å². The van der Waals surface area contributed by atoms with Gasteiger partial charge in [-0.05, 0) is 56.0 Å². The molecule has 160 valence electrons. The van der Waals surface area contributed by atoms with Crippen LogP contribution >= 0.6 is 0 Å². The van der Waals surface area contributed by atoms with Gasteiger partial charge < -0.3 is 14.7 Å². The van der Waals surface area contributed by atoms with E-state index in [0.29, 0.717) is 25.6 Å². The summed E-state index contributed by atoms with van der Waals surface area (Å²) in [7, 11) is 0. The number of ether oxygens (including phenoxy) is 1. The summed E-state index contributed by atoms with van der Waals surface area (Å²) in [5.74, 6) is 1.49. The Balaban J connectivity index is 1.25. The number of hydrogen-bond acceptors (Lipinski definition) is 5. The molecule has 1 saturated heterocycles. The fourth-order valence-corrected chi connectivity index (χ4v) is 4.71. The van der Waals surface area contributed by atoms with Gasteiger partial charge in [0.2, 0.25) is 5.95 Å². The van der Waals surface area contributed by atoms with Crippen LogP contribution in [0.4, 0.5) is 5.95 Å². The van der Waals surface area contributed by atoms with Crippen molar-refractivity contribution in [1.29, 1.82) is 0 Å². The second kappa shape index (κ2) is 7.65. The second-order valence-electron chi connectivity index (χ2n) is 9.32. The highest BCUT2D eigenvalue weighted by Crippen LogP contribution is 2.49. The SMILES string of the molecule is Cc1ccc(C2(c3ccc(OCc4ccnc(N5CC(C)(O)C5)n4)cc3)CCC2)cc1. The monoisotopic (exact) mass is 415 g/mol. The summed E-state index contributed by atoms with van der Waals surface area (Å²) in [5, 5.41) is 9.93. The molecule has 31 heavy (non-hydrogen) atoms. The third-order valence-corrected chi connectivity index (χ3v) is 6.65. The van der Waals surface area contributed by atoms with Gasteiger partial charge in [0.15, 0.2) is 0 Å². The van der Waals surface area contributed by atoms with Crippen LogP contribution in [0.15, 0.2) is 60.8 Å². The van der Waals surface area contributed by atoms with E-state index in [1.165, 1.54) is 36.0 Å². The Kier molecular flexibility index (Phi) is 4.94. The van der Waals surface area contributed by atoms with Gasteiger partial charge in [-0.1, -0.05) is 48.4 Å². The maximum absolute atomic E-state index is 9.93. The summed E-state index contributed by atoms with van der Waals surface area (Å²) in [6, 6.07) is 19.4. The van der Waals surface area contributed by atoms with Crippen molar-refractivity contribution in [1.82, 2.24) is 9.97 Å². The van der Waals surface area contributed by atoms with Gasteiger partial charge in [0.1, 0.15) is 12.4 Å². The van der Waals surface area contributed by atoms with Gasteiger partial charge in [-0.2, -0.15) is 0 Å². The number of aromatic nitrogens is 2. The fourth-order valence-electron chi connectivity index (χ4n) is 4.71. The van der Waals surface area contributed by atoms with Crippen LogP contribution in [0.5, 0.6) is 5.75 Å². The zero-order chi connectivity index (χ0) is 21.5. The molecule has 0 radical (unpaired) electrons. The highest BCUT2D eigenvalue weighted by Gasteiger charge is 2.40. The van der Waals surface area contributed by atoms with E-state index in [4.69, 9.17) is 4.74 Å². The minimum absolute atomic E-state index is 0.145. The van der Waals surface area contributed by atoms with Crippen molar-refractivity contribution in [3.8, 4) is 5.75 Å². The quantitative estimate of drug-likeness (QED) is 0.646. The van der Waals surface area contributed by atoms with Gasteiger partial charge in [-0.15, -0.1) is 0 Å². The molecular weight excluding hydrogens is 386 g/mol. The molecule has 0 spiro atoms. The lowest BCUT2D eigenvalue weighted by Gasteiger charge is -2.44. The zero-order valence-corrected chi connectivity index (χ0v) is 18.2. The lowest BCUT2D eigenvalue weighted by molar-refractivity contribution is 0.0299. The van der Waals surface area contributed by atoms with Crippen LogP contribution in [0.1, 0.15) is 48.6 Å². The Hall–Kier alpha value is -2.92. The molecule has 5 heteroatoms. The van der Waals surface area contributed by atoms with Crippen LogP contribution in [-0.4, -0.2) is 33.8 Å². The first kappa shape index (κ1) is 20.0. The molecule has 0 amide bonds. The number of benzene rings is 2. The van der Waals surface area contributed by atoms with Crippen molar-refractivity contribution < 1.29 is 9.84 Å². The van der Waals surface area contributed by atoms with Gasteiger partial charge >= 0.3 is 0 Å². The van der Waals surface area contributed by atoms with Crippen LogP contribution < -0.4 is 9.64 Å². The third kappa shape index (κ3) is 3.90.